The van der Waals surface area contributed by atoms with Gasteiger partial charge in [-0.2, -0.15) is 9.97 Å². The number of aromatic nitrogens is 4. The fourth-order valence-electron chi connectivity index (χ4n) is 2.41. The molecule has 0 spiro atoms. The molecule has 3 unspecified atom stereocenters. The van der Waals surface area contributed by atoms with Gasteiger partial charge in [0.15, 0.2) is 11.5 Å². The lowest BCUT2D eigenvalue weighted by Gasteiger charge is -2.22. The van der Waals surface area contributed by atoms with Crippen LogP contribution in [0.5, 0.6) is 0 Å². The van der Waals surface area contributed by atoms with Crippen LogP contribution in [0.2, 0.25) is 0 Å². The van der Waals surface area contributed by atoms with Gasteiger partial charge in [0.2, 0.25) is 5.95 Å². The van der Waals surface area contributed by atoms with Crippen LogP contribution in [0.3, 0.4) is 0 Å². The fourth-order valence-corrected chi connectivity index (χ4v) is 3.83. The van der Waals surface area contributed by atoms with E-state index in [0.717, 1.165) is 0 Å². The van der Waals surface area contributed by atoms with Crippen molar-refractivity contribution in [2.75, 3.05) is 18.1 Å². The second-order valence-corrected chi connectivity index (χ2v) is 6.32. The largest absolute Gasteiger partial charge is 0.394 e. The van der Waals surface area contributed by atoms with Gasteiger partial charge in [-0.1, -0.05) is 5.92 Å². The number of thioether (sulfide) groups is 1. The number of fused-ring (bicyclic) bond motifs is 1. The monoisotopic (exact) mass is 306 g/mol. The van der Waals surface area contributed by atoms with Gasteiger partial charge in [-0.15, -0.1) is 18.2 Å². The average molecular weight is 306 g/mol. The fraction of sp³-hybridized carbons (Fsp3) is 0.417. The van der Waals surface area contributed by atoms with Crippen LogP contribution in [0.4, 0.5) is 11.8 Å². The molecule has 21 heavy (non-hydrogen) atoms. The number of hydrogen-bond donors (Lipinski definition) is 4. The summed E-state index contributed by atoms with van der Waals surface area (Å²) in [6.07, 6.45) is 6.57. The lowest BCUT2D eigenvalue weighted by atomic mass is 10.0. The Morgan fingerprint density at radius 3 is 2.90 bits per heavy atom. The van der Waals surface area contributed by atoms with Crippen molar-refractivity contribution in [3.8, 4) is 12.3 Å². The first kappa shape index (κ1) is 13.9. The highest BCUT2D eigenvalue weighted by atomic mass is 32.2. The molecule has 0 radical (unpaired) electrons. The highest BCUT2D eigenvalue weighted by Crippen LogP contribution is 2.49. The minimum atomic E-state index is -1.02. The molecule has 2 aromatic heterocycles. The summed E-state index contributed by atoms with van der Waals surface area (Å²) in [4.78, 5) is 12.2. The SMILES string of the molecule is C#CC1(CO)SC(n2cnc3c(N)nc(N)nc32)CC1O. The van der Waals surface area contributed by atoms with E-state index in [1.807, 2.05) is 0 Å². The Labute approximate surface area is 124 Å². The molecule has 0 bridgehead atoms. The molecule has 1 aliphatic rings. The second-order valence-electron chi connectivity index (χ2n) is 4.81. The van der Waals surface area contributed by atoms with Crippen molar-refractivity contribution >= 4 is 34.7 Å². The summed E-state index contributed by atoms with van der Waals surface area (Å²) < 4.78 is 0.720. The number of imidazole rings is 1. The number of nitrogen functional groups attached to an aromatic ring is 2. The third-order valence-electron chi connectivity index (χ3n) is 3.56. The van der Waals surface area contributed by atoms with Crippen LogP contribution < -0.4 is 11.5 Å². The van der Waals surface area contributed by atoms with Gasteiger partial charge >= 0.3 is 0 Å². The molecule has 1 fully saturated rings. The zero-order valence-electron chi connectivity index (χ0n) is 11.0. The van der Waals surface area contributed by atoms with Crippen molar-refractivity contribution in [3.63, 3.8) is 0 Å². The lowest BCUT2D eigenvalue weighted by molar-refractivity contribution is 0.114. The van der Waals surface area contributed by atoms with Gasteiger partial charge in [0, 0.05) is 6.42 Å². The molecule has 3 atom stereocenters. The van der Waals surface area contributed by atoms with E-state index in [0.29, 0.717) is 17.6 Å². The van der Waals surface area contributed by atoms with Crippen molar-refractivity contribution in [2.45, 2.75) is 22.6 Å². The third kappa shape index (κ3) is 1.99. The molecule has 3 heterocycles. The normalized spacial score (nSPS) is 28.8. The van der Waals surface area contributed by atoms with E-state index < -0.39 is 10.9 Å². The van der Waals surface area contributed by atoms with Gasteiger partial charge in [-0.3, -0.25) is 0 Å². The Balaban J connectivity index is 2.05. The number of terminal acetylenes is 1. The Hall–Kier alpha value is -2.02. The van der Waals surface area contributed by atoms with Crippen LogP contribution in [-0.2, 0) is 0 Å². The Kier molecular flexibility index (Phi) is 3.16. The number of aliphatic hydroxyl groups is 2. The highest BCUT2D eigenvalue weighted by molar-refractivity contribution is 8.01. The molecule has 1 saturated heterocycles. The van der Waals surface area contributed by atoms with Gasteiger partial charge in [0.25, 0.3) is 0 Å². The summed E-state index contributed by atoms with van der Waals surface area (Å²) in [6, 6.07) is 0. The number of nitrogens with two attached hydrogens (primary N) is 2. The number of rotatable bonds is 2. The summed E-state index contributed by atoms with van der Waals surface area (Å²) in [6.45, 7) is -0.308. The van der Waals surface area contributed by atoms with E-state index in [4.69, 9.17) is 17.9 Å². The molecular formula is C12H14N6O2S. The van der Waals surface area contributed by atoms with E-state index >= 15 is 0 Å². The van der Waals surface area contributed by atoms with Crippen molar-refractivity contribution in [2.24, 2.45) is 0 Å². The molecule has 0 amide bonds. The molecule has 2 aromatic rings. The maximum Gasteiger partial charge on any atom is 0.224 e. The Morgan fingerprint density at radius 2 is 2.29 bits per heavy atom. The summed E-state index contributed by atoms with van der Waals surface area (Å²) in [7, 11) is 0. The summed E-state index contributed by atoms with van der Waals surface area (Å²) in [5.41, 5.74) is 12.3. The van der Waals surface area contributed by atoms with Crippen LogP contribution >= 0.6 is 11.8 Å². The number of anilines is 2. The maximum atomic E-state index is 10.2. The molecule has 0 saturated carbocycles. The standard InChI is InChI=1S/C12H14N6O2S/c1-2-12(4-19)6(20)3-7(21-12)18-5-15-8-9(13)16-11(14)17-10(8)18/h1,5-7,19-20H,3-4H2,(H4,13,14,16,17). The maximum absolute atomic E-state index is 10.2. The summed E-state index contributed by atoms with van der Waals surface area (Å²) >= 11 is 1.30. The lowest BCUT2D eigenvalue weighted by Crippen LogP contribution is -2.36. The molecule has 0 aliphatic carbocycles. The average Bonchev–Trinajstić information content (AvgIpc) is 3.00. The van der Waals surface area contributed by atoms with Crippen molar-refractivity contribution in [1.29, 1.82) is 0 Å². The van der Waals surface area contributed by atoms with Gasteiger partial charge in [-0.25, -0.2) is 4.98 Å². The Morgan fingerprint density at radius 1 is 1.52 bits per heavy atom. The summed E-state index contributed by atoms with van der Waals surface area (Å²) in [5.74, 6) is 2.74. The van der Waals surface area contributed by atoms with Crippen molar-refractivity contribution < 1.29 is 10.2 Å². The molecule has 1 aliphatic heterocycles. The number of nitrogens with zero attached hydrogens (tertiary/aromatic N) is 4. The van der Waals surface area contributed by atoms with Gasteiger partial charge < -0.3 is 26.2 Å². The minimum absolute atomic E-state index is 0.0515. The van der Waals surface area contributed by atoms with E-state index in [9.17, 15) is 10.2 Å². The molecule has 8 nitrogen and oxygen atoms in total. The predicted octanol–water partition coefficient (Wildman–Crippen LogP) is -0.649. The van der Waals surface area contributed by atoms with E-state index in [1.165, 1.54) is 11.8 Å². The first-order valence-corrected chi connectivity index (χ1v) is 7.08. The zero-order chi connectivity index (χ0) is 15.2. The molecule has 9 heteroatoms. The van der Waals surface area contributed by atoms with Crippen LogP contribution in [0.1, 0.15) is 11.8 Å². The third-order valence-corrected chi connectivity index (χ3v) is 5.20. The summed E-state index contributed by atoms with van der Waals surface area (Å²) in [5, 5.41) is 19.4. The highest BCUT2D eigenvalue weighted by Gasteiger charge is 2.47. The second kappa shape index (κ2) is 4.77. The van der Waals surface area contributed by atoms with Gasteiger partial charge in [-0.05, 0) is 0 Å². The number of aliphatic hydroxyl groups excluding tert-OH is 2. The topological polar surface area (TPSA) is 136 Å². The quantitative estimate of drug-likeness (QED) is 0.537. The van der Waals surface area contributed by atoms with E-state index in [-0.39, 0.29) is 23.7 Å². The molecule has 6 N–H and O–H groups in total. The molecule has 3 rings (SSSR count). The zero-order valence-corrected chi connectivity index (χ0v) is 11.8. The Bertz CT molecular complexity index is 741. The van der Waals surface area contributed by atoms with E-state index in [1.54, 1.807) is 10.9 Å². The minimum Gasteiger partial charge on any atom is -0.394 e. The predicted molar refractivity (Wildman–Crippen MR) is 80.0 cm³/mol. The van der Waals surface area contributed by atoms with Crippen LogP contribution in [0.25, 0.3) is 11.2 Å². The van der Waals surface area contributed by atoms with Crippen LogP contribution in [-0.4, -0.2) is 47.2 Å². The van der Waals surface area contributed by atoms with E-state index in [2.05, 4.69) is 20.9 Å². The smallest absolute Gasteiger partial charge is 0.224 e. The first-order chi connectivity index (χ1) is 10.0. The van der Waals surface area contributed by atoms with Crippen molar-refractivity contribution in [1.82, 2.24) is 19.5 Å². The number of hydrogen-bond acceptors (Lipinski definition) is 8. The van der Waals surface area contributed by atoms with Gasteiger partial charge in [0.05, 0.1) is 24.4 Å². The molecule has 110 valence electrons. The first-order valence-electron chi connectivity index (χ1n) is 6.21. The van der Waals surface area contributed by atoms with Crippen molar-refractivity contribution in [3.05, 3.63) is 6.33 Å². The molecule has 0 aromatic carbocycles. The van der Waals surface area contributed by atoms with Crippen LogP contribution in [0, 0.1) is 12.3 Å². The van der Waals surface area contributed by atoms with Gasteiger partial charge in [0.1, 0.15) is 10.3 Å². The van der Waals surface area contributed by atoms with Crippen LogP contribution in [0.15, 0.2) is 6.33 Å². The molecular weight excluding hydrogens is 292 g/mol.